The summed E-state index contributed by atoms with van der Waals surface area (Å²) in [7, 11) is -0.186. The highest BCUT2D eigenvalue weighted by atomic mass is 32.2. The Kier molecular flexibility index (Phi) is 7.98. The number of hydrogen-bond acceptors (Lipinski definition) is 8. The maximum absolute atomic E-state index is 13.4. The molecule has 3 heterocycles. The average molecular weight is 568 g/mol. The normalized spacial score (nSPS) is 16.5. The predicted molar refractivity (Wildman–Crippen MR) is 140 cm³/mol. The van der Waals surface area contributed by atoms with Crippen molar-refractivity contribution in [2.24, 2.45) is 0 Å². The fraction of sp³-hybridized carbons (Fsp3) is 0.333. The van der Waals surface area contributed by atoms with Gasteiger partial charge in [-0.2, -0.15) is 13.2 Å². The molecule has 14 heteroatoms. The van der Waals surface area contributed by atoms with Gasteiger partial charge in [-0.15, -0.1) is 0 Å². The molecule has 3 aromatic rings. The lowest BCUT2D eigenvalue weighted by atomic mass is 10.1. The Labute approximate surface area is 221 Å². The molecule has 0 bridgehead atoms. The molecule has 9 nitrogen and oxygen atoms in total. The third-order valence-electron chi connectivity index (χ3n) is 5.68. The van der Waals surface area contributed by atoms with Crippen LogP contribution in [0.3, 0.4) is 0 Å². The van der Waals surface area contributed by atoms with Gasteiger partial charge in [-0.05, 0) is 42.7 Å². The van der Waals surface area contributed by atoms with E-state index in [0.29, 0.717) is 29.1 Å². The quantitative estimate of drug-likeness (QED) is 0.294. The molecular formula is C24H24F3N5O4S2. The Morgan fingerprint density at radius 2 is 2.08 bits per heavy atom. The van der Waals surface area contributed by atoms with Gasteiger partial charge >= 0.3 is 5.51 Å². The second kappa shape index (κ2) is 11.0. The van der Waals surface area contributed by atoms with E-state index in [4.69, 9.17) is 4.74 Å². The summed E-state index contributed by atoms with van der Waals surface area (Å²) in [4.78, 5) is 16.2. The molecule has 2 aromatic heterocycles. The van der Waals surface area contributed by atoms with Gasteiger partial charge in [0.15, 0.2) is 15.5 Å². The van der Waals surface area contributed by atoms with E-state index in [-0.39, 0.29) is 58.1 Å². The van der Waals surface area contributed by atoms with E-state index in [1.165, 1.54) is 24.8 Å². The van der Waals surface area contributed by atoms with Crippen LogP contribution in [0, 0.1) is 11.8 Å². The lowest BCUT2D eigenvalue weighted by Crippen LogP contribution is -2.21. The second-order valence-corrected chi connectivity index (χ2v) is 11.6. The molecule has 0 radical (unpaired) electrons. The first-order valence-corrected chi connectivity index (χ1v) is 14.0. The number of carbonyl (C=O) groups is 1. The molecular weight excluding hydrogens is 543 g/mol. The minimum absolute atomic E-state index is 0.0508. The van der Waals surface area contributed by atoms with Gasteiger partial charge in [0, 0.05) is 36.6 Å². The van der Waals surface area contributed by atoms with E-state index in [1.807, 2.05) is 0 Å². The third-order valence-corrected chi connectivity index (χ3v) is 8.26. The Hall–Kier alpha value is -3.57. The third kappa shape index (κ3) is 6.46. The minimum atomic E-state index is -4.58. The van der Waals surface area contributed by atoms with Gasteiger partial charge < -0.3 is 20.7 Å². The van der Waals surface area contributed by atoms with Crippen LogP contribution in [0.5, 0.6) is 5.75 Å². The molecule has 0 saturated carbocycles. The fourth-order valence-corrected chi connectivity index (χ4v) is 6.30. The van der Waals surface area contributed by atoms with Crippen LogP contribution in [-0.2, 0) is 9.84 Å². The topological polar surface area (TPSA) is 114 Å². The summed E-state index contributed by atoms with van der Waals surface area (Å²) in [5, 5.41) is 8.45. The summed E-state index contributed by atoms with van der Waals surface area (Å²) < 4.78 is 70.4. The molecule has 0 aliphatic carbocycles. The maximum Gasteiger partial charge on any atom is 0.447 e. The average Bonchev–Trinajstić information content (AvgIpc) is 3.39. The molecule has 0 unspecified atom stereocenters. The zero-order chi connectivity index (χ0) is 27.5. The number of aromatic nitrogens is 2. The van der Waals surface area contributed by atoms with E-state index < -0.39 is 15.3 Å². The first-order valence-electron chi connectivity index (χ1n) is 11.4. The van der Waals surface area contributed by atoms with Crippen molar-refractivity contribution in [3.63, 3.8) is 0 Å². The number of carbonyl (C=O) groups excluding carboxylic acids is 1. The zero-order valence-corrected chi connectivity index (χ0v) is 22.0. The number of benzene rings is 1. The Morgan fingerprint density at radius 3 is 2.74 bits per heavy atom. The second-order valence-electron chi connectivity index (χ2n) is 8.32. The number of sulfone groups is 1. The molecule has 1 fully saturated rings. The van der Waals surface area contributed by atoms with Gasteiger partial charge in [0.25, 0.3) is 5.91 Å². The Bertz CT molecular complexity index is 1530. The smallest absolute Gasteiger partial charge is 0.447 e. The standard InChI is InChI=1S/C24H24F3N5O4S2/c1-28-22(33)15-7-8-17(20(13-15)36-2)29-10-3-5-19-23(37-24(25,26)27)32-11-4-6-18(21(32)31-19)30-16-9-12-38(34,35)14-16/h4,6-8,11,13,16,29-30H,9-10,12,14H2,1-2H3,(H,28,33)/t16-/m1/s1. The van der Waals surface area contributed by atoms with Crippen molar-refractivity contribution in [2.45, 2.75) is 23.0 Å². The lowest BCUT2D eigenvalue weighted by Gasteiger charge is -2.13. The molecule has 3 N–H and O–H groups in total. The number of nitrogens with one attached hydrogen (secondary N) is 3. The summed E-state index contributed by atoms with van der Waals surface area (Å²) in [5.74, 6) is 5.63. The summed E-state index contributed by atoms with van der Waals surface area (Å²) in [6.07, 6.45) is 1.86. The maximum atomic E-state index is 13.4. The summed E-state index contributed by atoms with van der Waals surface area (Å²) >= 11 is -0.322. The van der Waals surface area contributed by atoms with Crippen molar-refractivity contribution in [3.05, 3.63) is 47.8 Å². The van der Waals surface area contributed by atoms with Gasteiger partial charge in [-0.3, -0.25) is 9.20 Å². The largest absolute Gasteiger partial charge is 0.495 e. The summed E-state index contributed by atoms with van der Waals surface area (Å²) in [6, 6.07) is 7.64. The highest BCUT2D eigenvalue weighted by Gasteiger charge is 2.33. The molecule has 202 valence electrons. The van der Waals surface area contributed by atoms with E-state index in [0.717, 1.165) is 0 Å². The van der Waals surface area contributed by atoms with Gasteiger partial charge in [0.05, 0.1) is 36.5 Å². The number of ether oxygens (including phenoxy) is 1. The molecule has 4 rings (SSSR count). The van der Waals surface area contributed by atoms with Crippen LogP contribution in [0.2, 0.25) is 0 Å². The van der Waals surface area contributed by atoms with Gasteiger partial charge in [0.1, 0.15) is 16.5 Å². The monoisotopic (exact) mass is 567 g/mol. The van der Waals surface area contributed by atoms with E-state index in [1.54, 1.807) is 30.3 Å². The van der Waals surface area contributed by atoms with E-state index in [9.17, 15) is 26.4 Å². The number of imidazole rings is 1. The Balaban J connectivity index is 1.60. The number of nitrogens with zero attached hydrogens (tertiary/aromatic N) is 2. The predicted octanol–water partition coefficient (Wildman–Crippen LogP) is 3.38. The zero-order valence-electron chi connectivity index (χ0n) is 20.3. The number of alkyl halides is 3. The van der Waals surface area contributed by atoms with Crippen molar-refractivity contribution >= 4 is 44.5 Å². The van der Waals surface area contributed by atoms with Crippen molar-refractivity contribution in [3.8, 4) is 17.6 Å². The minimum Gasteiger partial charge on any atom is -0.495 e. The lowest BCUT2D eigenvalue weighted by molar-refractivity contribution is -0.0330. The number of thioether (sulfide) groups is 1. The van der Waals surface area contributed by atoms with Crippen LogP contribution < -0.4 is 20.7 Å². The molecule has 1 aliphatic rings. The fourth-order valence-electron chi connectivity index (χ4n) is 3.97. The molecule has 1 amide bonds. The van der Waals surface area contributed by atoms with Crippen LogP contribution >= 0.6 is 11.8 Å². The number of rotatable bonds is 7. The molecule has 1 aromatic carbocycles. The highest BCUT2D eigenvalue weighted by Crippen LogP contribution is 2.39. The van der Waals surface area contributed by atoms with Crippen LogP contribution in [0.1, 0.15) is 22.5 Å². The summed E-state index contributed by atoms with van der Waals surface area (Å²) in [6.45, 7) is 0.0602. The van der Waals surface area contributed by atoms with Gasteiger partial charge in [-0.25, -0.2) is 13.4 Å². The summed E-state index contributed by atoms with van der Waals surface area (Å²) in [5.41, 5.74) is -3.05. The number of hydrogen-bond donors (Lipinski definition) is 3. The highest BCUT2D eigenvalue weighted by molar-refractivity contribution is 8.00. The number of amides is 1. The molecule has 1 aliphatic heterocycles. The first kappa shape index (κ1) is 27.5. The number of fused-ring (bicyclic) bond motifs is 1. The van der Waals surface area contributed by atoms with Crippen molar-refractivity contribution in [1.82, 2.24) is 14.7 Å². The van der Waals surface area contributed by atoms with Gasteiger partial charge in [-0.1, -0.05) is 5.92 Å². The van der Waals surface area contributed by atoms with E-state index in [2.05, 4.69) is 32.8 Å². The SMILES string of the molecule is CNC(=O)c1ccc(NCC#Cc2nc3c(N[C@@H]4CCS(=O)(=O)C4)cccn3c2SC(F)(F)F)c(OC)c1. The first-order chi connectivity index (χ1) is 18.0. The van der Waals surface area contributed by atoms with Gasteiger partial charge in [0.2, 0.25) is 0 Å². The number of halogens is 3. The van der Waals surface area contributed by atoms with Crippen LogP contribution in [-0.4, -0.2) is 67.5 Å². The van der Waals surface area contributed by atoms with Crippen molar-refractivity contribution in [2.75, 3.05) is 42.8 Å². The molecule has 1 saturated heterocycles. The van der Waals surface area contributed by atoms with Crippen molar-refractivity contribution < 1.29 is 31.1 Å². The Morgan fingerprint density at radius 1 is 1.29 bits per heavy atom. The number of anilines is 2. The molecule has 38 heavy (non-hydrogen) atoms. The van der Waals surface area contributed by atoms with E-state index >= 15 is 0 Å². The molecule has 1 atom stereocenters. The molecule has 0 spiro atoms. The van der Waals surface area contributed by atoms with Crippen LogP contribution in [0.25, 0.3) is 5.65 Å². The number of pyridine rings is 1. The van der Waals surface area contributed by atoms with Crippen LogP contribution in [0.15, 0.2) is 41.6 Å². The van der Waals surface area contributed by atoms with Crippen LogP contribution in [0.4, 0.5) is 24.5 Å². The number of methoxy groups -OCH3 is 1. The van der Waals surface area contributed by atoms with Crippen molar-refractivity contribution in [1.29, 1.82) is 0 Å².